The summed E-state index contributed by atoms with van der Waals surface area (Å²) in [5.74, 6) is -0.903. The van der Waals surface area contributed by atoms with E-state index < -0.39 is 17.3 Å². The molecule has 0 spiro atoms. The first-order valence-electron chi connectivity index (χ1n) is 9.89. The van der Waals surface area contributed by atoms with Crippen LogP contribution >= 0.6 is 0 Å². The predicted octanol–water partition coefficient (Wildman–Crippen LogP) is 2.76. The zero-order valence-corrected chi connectivity index (χ0v) is 16.5. The number of halogens is 1. The Kier molecular flexibility index (Phi) is 4.87. The van der Waals surface area contributed by atoms with Gasteiger partial charge in [-0.2, -0.15) is 0 Å². The summed E-state index contributed by atoms with van der Waals surface area (Å²) in [7, 11) is 0. The first-order chi connectivity index (χ1) is 15.1. The van der Waals surface area contributed by atoms with Gasteiger partial charge in [0.2, 0.25) is 11.5 Å². The number of nitrogens with one attached hydrogen (secondary N) is 1. The molecule has 0 aliphatic carbocycles. The molecule has 1 fully saturated rings. The average Bonchev–Trinajstić information content (AvgIpc) is 3.16. The van der Waals surface area contributed by atoms with Crippen LogP contribution in [-0.4, -0.2) is 41.8 Å². The van der Waals surface area contributed by atoms with Crippen molar-refractivity contribution in [1.82, 2.24) is 9.55 Å². The second-order valence-electron chi connectivity index (χ2n) is 7.27. The minimum atomic E-state index is -0.474. The molecule has 1 aliphatic rings. The van der Waals surface area contributed by atoms with Crippen molar-refractivity contribution in [1.29, 1.82) is 0 Å². The summed E-state index contributed by atoms with van der Waals surface area (Å²) in [6, 6.07) is 11.7. The van der Waals surface area contributed by atoms with Gasteiger partial charge in [-0.3, -0.25) is 14.2 Å². The van der Waals surface area contributed by atoms with Gasteiger partial charge in [0, 0.05) is 24.2 Å². The lowest BCUT2D eigenvalue weighted by molar-refractivity contribution is -0.116. The number of rotatable bonds is 4. The van der Waals surface area contributed by atoms with Crippen LogP contribution in [0.3, 0.4) is 0 Å². The summed E-state index contributed by atoms with van der Waals surface area (Å²) in [5, 5.41) is 3.36. The van der Waals surface area contributed by atoms with E-state index >= 15 is 0 Å². The molecule has 31 heavy (non-hydrogen) atoms. The van der Waals surface area contributed by atoms with Crippen molar-refractivity contribution >= 4 is 39.4 Å². The third-order valence-electron chi connectivity index (χ3n) is 5.25. The smallest absolute Gasteiger partial charge is 0.297 e. The summed E-state index contributed by atoms with van der Waals surface area (Å²) < 4.78 is 26.6. The number of fused-ring (bicyclic) bond motifs is 3. The first kappa shape index (κ1) is 19.3. The molecule has 5 rings (SSSR count). The Morgan fingerprint density at radius 2 is 1.97 bits per heavy atom. The van der Waals surface area contributed by atoms with Gasteiger partial charge in [-0.1, -0.05) is 12.1 Å². The van der Waals surface area contributed by atoms with Crippen LogP contribution in [0.5, 0.6) is 0 Å². The van der Waals surface area contributed by atoms with Gasteiger partial charge in [0.1, 0.15) is 23.5 Å². The number of nitrogens with zero attached hydrogens (tertiary/aromatic N) is 3. The van der Waals surface area contributed by atoms with Crippen LogP contribution in [0.1, 0.15) is 0 Å². The fourth-order valence-corrected chi connectivity index (χ4v) is 3.73. The number of benzene rings is 2. The number of aromatic nitrogens is 2. The molecule has 0 radical (unpaired) electrons. The summed E-state index contributed by atoms with van der Waals surface area (Å²) >= 11 is 0. The van der Waals surface area contributed by atoms with Crippen LogP contribution in [0.4, 0.5) is 15.8 Å². The second-order valence-corrected chi connectivity index (χ2v) is 7.27. The highest BCUT2D eigenvalue weighted by Crippen LogP contribution is 2.25. The SMILES string of the molecule is O=C(Cn1cnc2c(oc3ccccc32)c1=O)Nc1ccc(N2CCOCC2)c(F)c1. The molecule has 0 atom stereocenters. The van der Waals surface area contributed by atoms with E-state index in [1.165, 1.54) is 17.0 Å². The number of carbonyl (C=O) groups excluding carboxylic acids is 1. The zero-order valence-electron chi connectivity index (χ0n) is 16.5. The highest BCUT2D eigenvalue weighted by Gasteiger charge is 2.17. The van der Waals surface area contributed by atoms with Crippen molar-refractivity contribution in [2.45, 2.75) is 6.54 Å². The van der Waals surface area contributed by atoms with E-state index in [4.69, 9.17) is 9.15 Å². The first-order valence-corrected chi connectivity index (χ1v) is 9.89. The van der Waals surface area contributed by atoms with E-state index in [2.05, 4.69) is 10.3 Å². The van der Waals surface area contributed by atoms with E-state index in [9.17, 15) is 14.0 Å². The van der Waals surface area contributed by atoms with Crippen LogP contribution in [0.2, 0.25) is 0 Å². The number of ether oxygens (including phenoxy) is 1. The number of para-hydroxylation sites is 1. The number of carbonyl (C=O) groups is 1. The van der Waals surface area contributed by atoms with E-state index in [0.717, 1.165) is 5.39 Å². The number of furan rings is 1. The normalized spacial score (nSPS) is 14.3. The molecule has 0 unspecified atom stereocenters. The summed E-state index contributed by atoms with van der Waals surface area (Å²) in [6.07, 6.45) is 1.31. The maximum Gasteiger partial charge on any atom is 0.297 e. The fourth-order valence-electron chi connectivity index (χ4n) is 3.73. The maximum absolute atomic E-state index is 14.5. The molecule has 158 valence electrons. The number of amides is 1. The highest BCUT2D eigenvalue weighted by molar-refractivity contribution is 6.01. The van der Waals surface area contributed by atoms with Crippen LogP contribution in [0.15, 0.2) is 58.0 Å². The predicted molar refractivity (Wildman–Crippen MR) is 114 cm³/mol. The molecule has 1 amide bonds. The number of anilines is 2. The van der Waals surface area contributed by atoms with Crippen molar-refractivity contribution in [3.05, 3.63) is 65.0 Å². The summed E-state index contributed by atoms with van der Waals surface area (Å²) in [6.45, 7) is 2.06. The Bertz CT molecular complexity index is 1340. The molecular formula is C22H19FN4O4. The second kappa shape index (κ2) is 7.84. The molecule has 1 saturated heterocycles. The Balaban J connectivity index is 1.34. The molecular weight excluding hydrogens is 403 g/mol. The standard InChI is InChI=1S/C22H19FN4O4/c23-16-11-14(5-6-17(16)26-7-9-30-10-8-26)25-19(28)12-27-13-24-20-15-3-1-2-4-18(15)31-21(20)22(27)29/h1-6,11,13H,7-10,12H2,(H,25,28). The van der Waals surface area contributed by atoms with Crippen LogP contribution in [0.25, 0.3) is 22.1 Å². The van der Waals surface area contributed by atoms with E-state index in [1.807, 2.05) is 17.0 Å². The maximum atomic E-state index is 14.5. The zero-order chi connectivity index (χ0) is 21.4. The lowest BCUT2D eigenvalue weighted by Gasteiger charge is -2.29. The largest absolute Gasteiger partial charge is 0.448 e. The number of hydrogen-bond donors (Lipinski definition) is 1. The quantitative estimate of drug-likeness (QED) is 0.544. The van der Waals surface area contributed by atoms with Gasteiger partial charge in [-0.25, -0.2) is 9.37 Å². The lowest BCUT2D eigenvalue weighted by atomic mass is 10.2. The Morgan fingerprint density at radius 1 is 1.16 bits per heavy atom. The highest BCUT2D eigenvalue weighted by atomic mass is 19.1. The molecule has 9 heteroatoms. The molecule has 3 heterocycles. The molecule has 8 nitrogen and oxygen atoms in total. The molecule has 1 N–H and O–H groups in total. The average molecular weight is 422 g/mol. The van der Waals surface area contributed by atoms with Crippen LogP contribution < -0.4 is 15.8 Å². The fraction of sp³-hybridized carbons (Fsp3) is 0.227. The van der Waals surface area contributed by atoms with E-state index in [1.54, 1.807) is 24.3 Å². The van der Waals surface area contributed by atoms with Crippen molar-refractivity contribution in [3.8, 4) is 0 Å². The molecule has 2 aromatic carbocycles. The van der Waals surface area contributed by atoms with Crippen molar-refractivity contribution in [3.63, 3.8) is 0 Å². The Hall–Kier alpha value is -3.72. The van der Waals surface area contributed by atoms with Gasteiger partial charge in [0.25, 0.3) is 5.56 Å². The summed E-state index contributed by atoms with van der Waals surface area (Å²) in [4.78, 5) is 31.4. The number of hydrogen-bond acceptors (Lipinski definition) is 6. The minimum Gasteiger partial charge on any atom is -0.448 e. The molecule has 1 aliphatic heterocycles. The third kappa shape index (κ3) is 3.64. The van der Waals surface area contributed by atoms with Gasteiger partial charge in [-0.05, 0) is 30.3 Å². The van der Waals surface area contributed by atoms with Gasteiger partial charge in [0.15, 0.2) is 0 Å². The number of morpholine rings is 1. The third-order valence-corrected chi connectivity index (χ3v) is 5.25. The topological polar surface area (TPSA) is 89.6 Å². The van der Waals surface area contributed by atoms with Gasteiger partial charge in [0.05, 0.1) is 25.2 Å². The van der Waals surface area contributed by atoms with Crippen molar-refractivity contribution in [2.75, 3.05) is 36.5 Å². The van der Waals surface area contributed by atoms with Crippen molar-refractivity contribution in [2.24, 2.45) is 0 Å². The van der Waals surface area contributed by atoms with Crippen LogP contribution in [0, 0.1) is 5.82 Å². The minimum absolute atomic E-state index is 0.0948. The van der Waals surface area contributed by atoms with Gasteiger partial charge >= 0.3 is 0 Å². The van der Waals surface area contributed by atoms with Crippen molar-refractivity contribution < 1.29 is 18.3 Å². The molecule has 2 aromatic heterocycles. The summed E-state index contributed by atoms with van der Waals surface area (Å²) in [5.41, 5.74) is 1.43. The van der Waals surface area contributed by atoms with Gasteiger partial charge < -0.3 is 19.4 Å². The van der Waals surface area contributed by atoms with Crippen LogP contribution in [-0.2, 0) is 16.1 Å². The Morgan fingerprint density at radius 3 is 2.77 bits per heavy atom. The molecule has 4 aromatic rings. The monoisotopic (exact) mass is 422 g/mol. The Labute approximate surface area is 175 Å². The van der Waals surface area contributed by atoms with E-state index in [0.29, 0.717) is 48.8 Å². The molecule has 0 saturated carbocycles. The molecule has 0 bridgehead atoms. The van der Waals surface area contributed by atoms with Gasteiger partial charge in [-0.15, -0.1) is 0 Å². The lowest BCUT2D eigenvalue weighted by Crippen LogP contribution is -2.36. The van der Waals surface area contributed by atoms with E-state index in [-0.39, 0.29) is 12.1 Å².